The zero-order chi connectivity index (χ0) is 18.1. The third-order valence-corrected chi connectivity index (χ3v) is 6.63. The van der Waals surface area contributed by atoms with Gasteiger partial charge in [-0.05, 0) is 24.8 Å². The van der Waals surface area contributed by atoms with Gasteiger partial charge >= 0.3 is 0 Å². The molecule has 2 aromatic heterocycles. The van der Waals surface area contributed by atoms with Crippen LogP contribution < -0.4 is 0 Å². The number of imidazole rings is 1. The Hall–Kier alpha value is -2.54. The Bertz CT molecular complexity index is 1030. The zero-order valence-corrected chi connectivity index (χ0v) is 15.4. The molecule has 1 aromatic carbocycles. The number of hydrogen-bond acceptors (Lipinski definition) is 5. The van der Waals surface area contributed by atoms with E-state index in [1.54, 1.807) is 18.6 Å². The van der Waals surface area contributed by atoms with Crippen LogP contribution in [0.25, 0.3) is 22.8 Å². The average Bonchev–Trinajstić information content (AvgIpc) is 3.22. The van der Waals surface area contributed by atoms with Crippen LogP contribution in [0.3, 0.4) is 0 Å². The SMILES string of the molecule is Cc1ccccc1-c1ncc(-c2nccn2C[C@H]2CCS(=O)(=O)C2)cn1. The van der Waals surface area contributed by atoms with Crippen LogP contribution in [0, 0.1) is 12.8 Å². The van der Waals surface area contributed by atoms with Crippen molar-refractivity contribution >= 4 is 9.84 Å². The number of sulfone groups is 1. The summed E-state index contributed by atoms with van der Waals surface area (Å²) in [5.74, 6) is 2.14. The van der Waals surface area contributed by atoms with Gasteiger partial charge < -0.3 is 4.57 Å². The van der Waals surface area contributed by atoms with E-state index in [2.05, 4.69) is 15.0 Å². The Morgan fingerprint density at radius 2 is 1.92 bits per heavy atom. The van der Waals surface area contributed by atoms with E-state index in [9.17, 15) is 8.42 Å². The van der Waals surface area contributed by atoms with Crippen molar-refractivity contribution in [1.29, 1.82) is 0 Å². The van der Waals surface area contributed by atoms with E-state index in [0.29, 0.717) is 18.8 Å². The minimum absolute atomic E-state index is 0.139. The van der Waals surface area contributed by atoms with Crippen LogP contribution in [0.1, 0.15) is 12.0 Å². The van der Waals surface area contributed by atoms with E-state index < -0.39 is 9.84 Å². The Balaban J connectivity index is 1.57. The van der Waals surface area contributed by atoms with Crippen LogP contribution in [-0.2, 0) is 16.4 Å². The molecular weight excluding hydrogens is 348 g/mol. The molecule has 0 bridgehead atoms. The minimum atomic E-state index is -2.87. The molecule has 3 aromatic rings. The smallest absolute Gasteiger partial charge is 0.159 e. The summed E-state index contributed by atoms with van der Waals surface area (Å²) < 4.78 is 25.4. The van der Waals surface area contributed by atoms with Crippen molar-refractivity contribution in [2.45, 2.75) is 19.9 Å². The summed E-state index contributed by atoms with van der Waals surface area (Å²) in [5.41, 5.74) is 2.97. The van der Waals surface area contributed by atoms with Crippen molar-refractivity contribution in [2.24, 2.45) is 5.92 Å². The van der Waals surface area contributed by atoms with E-state index in [-0.39, 0.29) is 17.4 Å². The molecule has 0 saturated carbocycles. The Morgan fingerprint density at radius 3 is 2.62 bits per heavy atom. The van der Waals surface area contributed by atoms with Crippen LogP contribution >= 0.6 is 0 Å². The van der Waals surface area contributed by atoms with E-state index >= 15 is 0 Å². The Morgan fingerprint density at radius 1 is 1.15 bits per heavy atom. The lowest BCUT2D eigenvalue weighted by Crippen LogP contribution is -2.13. The largest absolute Gasteiger partial charge is 0.331 e. The van der Waals surface area contributed by atoms with Gasteiger partial charge in [0.05, 0.1) is 17.1 Å². The van der Waals surface area contributed by atoms with Crippen molar-refractivity contribution in [3.8, 4) is 22.8 Å². The van der Waals surface area contributed by atoms with Gasteiger partial charge in [0.2, 0.25) is 0 Å². The molecule has 0 N–H and O–H groups in total. The predicted molar refractivity (Wildman–Crippen MR) is 100 cm³/mol. The van der Waals surface area contributed by atoms with Crippen molar-refractivity contribution < 1.29 is 8.42 Å². The molecule has 0 aliphatic carbocycles. The second kappa shape index (κ2) is 6.64. The van der Waals surface area contributed by atoms with Crippen LogP contribution in [0.4, 0.5) is 0 Å². The monoisotopic (exact) mass is 368 g/mol. The third kappa shape index (κ3) is 3.39. The molecule has 1 saturated heterocycles. The molecule has 134 valence electrons. The first-order valence-corrected chi connectivity index (χ1v) is 10.4. The summed E-state index contributed by atoms with van der Waals surface area (Å²) in [5, 5.41) is 0. The molecule has 1 aliphatic heterocycles. The van der Waals surface area contributed by atoms with Crippen LogP contribution in [0.15, 0.2) is 49.1 Å². The van der Waals surface area contributed by atoms with Gasteiger partial charge in [0.15, 0.2) is 15.7 Å². The maximum Gasteiger partial charge on any atom is 0.159 e. The summed E-state index contributed by atoms with van der Waals surface area (Å²) >= 11 is 0. The molecule has 1 aliphatic rings. The number of hydrogen-bond donors (Lipinski definition) is 0. The first kappa shape index (κ1) is 16.9. The summed E-state index contributed by atoms with van der Waals surface area (Å²) in [7, 11) is -2.87. The van der Waals surface area contributed by atoms with Gasteiger partial charge in [-0.3, -0.25) is 0 Å². The highest BCUT2D eigenvalue weighted by molar-refractivity contribution is 7.91. The summed E-state index contributed by atoms with van der Waals surface area (Å²) in [6, 6.07) is 8.01. The van der Waals surface area contributed by atoms with Gasteiger partial charge in [-0.15, -0.1) is 0 Å². The van der Waals surface area contributed by atoms with Crippen LogP contribution in [0.2, 0.25) is 0 Å². The van der Waals surface area contributed by atoms with Crippen LogP contribution in [-0.4, -0.2) is 39.4 Å². The highest BCUT2D eigenvalue weighted by Crippen LogP contribution is 2.25. The number of aromatic nitrogens is 4. The number of benzene rings is 1. The third-order valence-electron chi connectivity index (χ3n) is 4.79. The van der Waals surface area contributed by atoms with E-state index in [4.69, 9.17) is 0 Å². The molecular formula is C19H20N4O2S. The normalized spacial score (nSPS) is 18.9. The molecule has 3 heterocycles. The second-order valence-corrected chi connectivity index (χ2v) is 9.01. The van der Waals surface area contributed by atoms with Gasteiger partial charge in [-0.1, -0.05) is 24.3 Å². The van der Waals surface area contributed by atoms with Gasteiger partial charge in [0, 0.05) is 36.9 Å². The second-order valence-electron chi connectivity index (χ2n) is 6.78. The summed E-state index contributed by atoms with van der Waals surface area (Å²) in [6.07, 6.45) is 7.88. The number of nitrogens with zero attached hydrogens (tertiary/aromatic N) is 4. The molecule has 4 rings (SSSR count). The first-order valence-electron chi connectivity index (χ1n) is 8.62. The lowest BCUT2D eigenvalue weighted by Gasteiger charge is -2.12. The molecule has 0 radical (unpaired) electrons. The van der Waals surface area contributed by atoms with Crippen molar-refractivity contribution in [3.05, 3.63) is 54.6 Å². The summed E-state index contributed by atoms with van der Waals surface area (Å²) in [4.78, 5) is 13.4. The predicted octanol–water partition coefficient (Wildman–Crippen LogP) is 2.75. The Kier molecular flexibility index (Phi) is 4.32. The van der Waals surface area contributed by atoms with Gasteiger partial charge in [-0.2, -0.15) is 0 Å². The lowest BCUT2D eigenvalue weighted by molar-refractivity contribution is 0.493. The molecule has 1 atom stereocenters. The fraction of sp³-hybridized carbons (Fsp3) is 0.316. The van der Waals surface area contributed by atoms with Gasteiger partial charge in [0.25, 0.3) is 0 Å². The maximum atomic E-state index is 11.7. The van der Waals surface area contributed by atoms with E-state index in [1.807, 2.05) is 42.0 Å². The first-order chi connectivity index (χ1) is 12.5. The number of aryl methyl sites for hydroxylation is 1. The maximum absolute atomic E-state index is 11.7. The number of rotatable bonds is 4. The Labute approximate surface area is 152 Å². The fourth-order valence-corrected chi connectivity index (χ4v) is 5.27. The van der Waals surface area contributed by atoms with E-state index in [1.165, 1.54) is 0 Å². The molecule has 0 unspecified atom stereocenters. The van der Waals surface area contributed by atoms with Gasteiger partial charge in [-0.25, -0.2) is 23.4 Å². The van der Waals surface area contributed by atoms with Crippen molar-refractivity contribution in [2.75, 3.05) is 11.5 Å². The molecule has 26 heavy (non-hydrogen) atoms. The highest BCUT2D eigenvalue weighted by atomic mass is 32.2. The average molecular weight is 368 g/mol. The van der Waals surface area contributed by atoms with E-state index in [0.717, 1.165) is 22.5 Å². The topological polar surface area (TPSA) is 77.7 Å². The standard InChI is InChI=1S/C19H20N4O2S/c1-14-4-2-3-5-17(14)18-21-10-16(11-22-18)19-20-7-8-23(19)12-15-6-9-26(24,25)13-15/h2-5,7-8,10-11,15H,6,9,12-13H2,1H3/t15-/m1/s1. The molecule has 7 heteroatoms. The highest BCUT2D eigenvalue weighted by Gasteiger charge is 2.28. The van der Waals surface area contributed by atoms with Crippen molar-refractivity contribution in [3.63, 3.8) is 0 Å². The molecule has 0 amide bonds. The molecule has 0 spiro atoms. The molecule has 1 fully saturated rings. The van der Waals surface area contributed by atoms with Gasteiger partial charge in [0.1, 0.15) is 5.82 Å². The molecule has 6 nitrogen and oxygen atoms in total. The van der Waals surface area contributed by atoms with Crippen LogP contribution in [0.5, 0.6) is 0 Å². The summed E-state index contributed by atoms with van der Waals surface area (Å²) in [6.45, 7) is 2.68. The van der Waals surface area contributed by atoms with Crippen molar-refractivity contribution in [1.82, 2.24) is 19.5 Å². The zero-order valence-electron chi connectivity index (χ0n) is 14.5. The minimum Gasteiger partial charge on any atom is -0.331 e. The fourth-order valence-electron chi connectivity index (χ4n) is 3.42. The lowest BCUT2D eigenvalue weighted by atomic mass is 10.1. The quantitative estimate of drug-likeness (QED) is 0.708.